The van der Waals surface area contributed by atoms with Gasteiger partial charge in [-0.15, -0.1) is 0 Å². The van der Waals surface area contributed by atoms with Crippen LogP contribution in [-0.2, 0) is 25.5 Å². The van der Waals surface area contributed by atoms with Crippen LogP contribution in [0.1, 0.15) is 42.9 Å². The van der Waals surface area contributed by atoms with Gasteiger partial charge >= 0.3 is 5.97 Å². The van der Waals surface area contributed by atoms with E-state index in [0.717, 1.165) is 24.8 Å². The number of esters is 1. The summed E-state index contributed by atoms with van der Waals surface area (Å²) in [5.41, 5.74) is 2.40. The summed E-state index contributed by atoms with van der Waals surface area (Å²) in [5, 5.41) is 5.45. The monoisotopic (exact) mass is 316 g/mol. The summed E-state index contributed by atoms with van der Waals surface area (Å²) in [6.07, 6.45) is 3.68. The molecule has 1 aliphatic carbocycles. The molecule has 2 aliphatic rings. The van der Waals surface area contributed by atoms with Crippen molar-refractivity contribution in [2.45, 2.75) is 44.2 Å². The van der Waals surface area contributed by atoms with Gasteiger partial charge in [-0.25, -0.2) is 4.79 Å². The Labute approximate surface area is 134 Å². The van der Waals surface area contributed by atoms with Gasteiger partial charge in [-0.1, -0.05) is 24.3 Å². The van der Waals surface area contributed by atoms with Crippen LogP contribution in [0.15, 0.2) is 24.3 Å². The number of hydrogen-bond donors (Lipinski definition) is 2. The van der Waals surface area contributed by atoms with Crippen molar-refractivity contribution in [3.63, 3.8) is 0 Å². The lowest BCUT2D eigenvalue weighted by atomic mass is 9.88. The molecule has 3 rings (SSSR count). The molecule has 1 aliphatic heterocycles. The van der Waals surface area contributed by atoms with Gasteiger partial charge in [0, 0.05) is 6.42 Å². The van der Waals surface area contributed by atoms with Crippen molar-refractivity contribution in [3.05, 3.63) is 35.4 Å². The minimum atomic E-state index is -0.620. The highest BCUT2D eigenvalue weighted by molar-refractivity contribution is 5.89. The number of rotatable bonds is 4. The van der Waals surface area contributed by atoms with Crippen molar-refractivity contribution in [2.24, 2.45) is 0 Å². The maximum Gasteiger partial charge on any atom is 0.329 e. The zero-order valence-electron chi connectivity index (χ0n) is 12.8. The fourth-order valence-corrected chi connectivity index (χ4v) is 3.17. The first-order chi connectivity index (χ1) is 11.1. The van der Waals surface area contributed by atoms with Crippen molar-refractivity contribution in [1.29, 1.82) is 0 Å². The van der Waals surface area contributed by atoms with Crippen LogP contribution in [0.25, 0.3) is 0 Å². The van der Waals surface area contributed by atoms with E-state index in [0.29, 0.717) is 12.8 Å². The third kappa shape index (κ3) is 3.70. The Hall–Kier alpha value is -2.37. The average molecular weight is 316 g/mol. The Kier molecular flexibility index (Phi) is 4.60. The van der Waals surface area contributed by atoms with Crippen LogP contribution in [-0.4, -0.2) is 30.4 Å². The molecule has 1 aromatic rings. The summed E-state index contributed by atoms with van der Waals surface area (Å²) < 4.78 is 5.00. The molecule has 23 heavy (non-hydrogen) atoms. The molecule has 1 aromatic carbocycles. The molecule has 0 bridgehead atoms. The predicted molar refractivity (Wildman–Crippen MR) is 82.4 cm³/mol. The van der Waals surface area contributed by atoms with Crippen molar-refractivity contribution >= 4 is 17.8 Å². The molecule has 1 heterocycles. The van der Waals surface area contributed by atoms with E-state index in [1.165, 1.54) is 5.56 Å². The third-order valence-corrected chi connectivity index (χ3v) is 4.33. The standard InChI is InChI=1S/C17H20N2O4/c20-15-9-8-14(19-15)17(22)23-10-16(21)18-13-7-3-5-11-4-1-2-6-12(11)13/h1-2,4,6,13-14H,3,5,7-10H2,(H,18,21)(H,19,20)/t13-,14-/m0/s1. The van der Waals surface area contributed by atoms with Gasteiger partial charge in [0.1, 0.15) is 6.04 Å². The van der Waals surface area contributed by atoms with Crippen LogP contribution < -0.4 is 10.6 Å². The first kappa shape index (κ1) is 15.5. The van der Waals surface area contributed by atoms with Gasteiger partial charge in [-0.3, -0.25) is 9.59 Å². The number of nitrogens with one attached hydrogen (secondary N) is 2. The number of carbonyl (C=O) groups excluding carboxylic acids is 3. The Morgan fingerprint density at radius 2 is 2.04 bits per heavy atom. The Morgan fingerprint density at radius 1 is 1.22 bits per heavy atom. The number of hydrogen-bond acceptors (Lipinski definition) is 4. The van der Waals surface area contributed by atoms with Gasteiger partial charge in [0.2, 0.25) is 5.91 Å². The fraction of sp³-hybridized carbons (Fsp3) is 0.471. The fourth-order valence-electron chi connectivity index (χ4n) is 3.17. The molecule has 0 aromatic heterocycles. The van der Waals surface area contributed by atoms with E-state index < -0.39 is 12.0 Å². The third-order valence-electron chi connectivity index (χ3n) is 4.33. The van der Waals surface area contributed by atoms with Crippen molar-refractivity contribution in [3.8, 4) is 0 Å². The molecule has 0 spiro atoms. The second-order valence-corrected chi connectivity index (χ2v) is 5.98. The van der Waals surface area contributed by atoms with Gasteiger partial charge in [0.25, 0.3) is 5.91 Å². The molecule has 0 radical (unpaired) electrons. The molecular weight excluding hydrogens is 296 g/mol. The maximum atomic E-state index is 12.0. The second kappa shape index (κ2) is 6.81. The van der Waals surface area contributed by atoms with E-state index in [9.17, 15) is 14.4 Å². The number of ether oxygens (including phenoxy) is 1. The number of fused-ring (bicyclic) bond motifs is 1. The van der Waals surface area contributed by atoms with E-state index in [1.807, 2.05) is 18.2 Å². The van der Waals surface area contributed by atoms with E-state index in [2.05, 4.69) is 16.7 Å². The summed E-state index contributed by atoms with van der Waals surface area (Å²) in [6.45, 7) is -0.316. The van der Waals surface area contributed by atoms with E-state index in [4.69, 9.17) is 4.74 Å². The Morgan fingerprint density at radius 3 is 2.83 bits per heavy atom. The highest BCUT2D eigenvalue weighted by Gasteiger charge is 2.29. The average Bonchev–Trinajstić information content (AvgIpc) is 2.99. The first-order valence-electron chi connectivity index (χ1n) is 7.96. The van der Waals surface area contributed by atoms with Crippen LogP contribution in [0.2, 0.25) is 0 Å². The molecular formula is C17H20N2O4. The minimum Gasteiger partial charge on any atom is -0.454 e. The van der Waals surface area contributed by atoms with Crippen molar-refractivity contribution in [2.75, 3.05) is 6.61 Å². The summed E-state index contributed by atoms with van der Waals surface area (Å²) >= 11 is 0. The first-order valence-corrected chi connectivity index (χ1v) is 7.96. The van der Waals surface area contributed by atoms with Gasteiger partial charge in [-0.05, 0) is 36.8 Å². The van der Waals surface area contributed by atoms with Crippen molar-refractivity contribution in [1.82, 2.24) is 10.6 Å². The second-order valence-electron chi connectivity index (χ2n) is 5.98. The molecule has 122 valence electrons. The van der Waals surface area contributed by atoms with Crippen LogP contribution in [0.3, 0.4) is 0 Å². The molecule has 6 heteroatoms. The molecule has 1 fully saturated rings. The van der Waals surface area contributed by atoms with Gasteiger partial charge in [-0.2, -0.15) is 0 Å². The maximum absolute atomic E-state index is 12.0. The largest absolute Gasteiger partial charge is 0.454 e. The van der Waals surface area contributed by atoms with Crippen LogP contribution in [0.5, 0.6) is 0 Å². The van der Waals surface area contributed by atoms with Crippen molar-refractivity contribution < 1.29 is 19.1 Å². The summed E-state index contributed by atoms with van der Waals surface area (Å²) in [4.78, 5) is 34.9. The van der Waals surface area contributed by atoms with E-state index >= 15 is 0 Å². The van der Waals surface area contributed by atoms with E-state index in [1.54, 1.807) is 0 Å². The lowest BCUT2D eigenvalue weighted by molar-refractivity contribution is -0.150. The molecule has 2 atom stereocenters. The zero-order chi connectivity index (χ0) is 16.2. The molecule has 2 amide bonds. The van der Waals surface area contributed by atoms with Crippen LogP contribution in [0.4, 0.5) is 0 Å². The highest BCUT2D eigenvalue weighted by atomic mass is 16.5. The smallest absolute Gasteiger partial charge is 0.329 e. The lowest BCUT2D eigenvalue weighted by Gasteiger charge is -2.26. The SMILES string of the molecule is O=C1CC[C@@H](C(=O)OCC(=O)N[C@H]2CCCc3ccccc32)N1. The number of amides is 2. The lowest BCUT2D eigenvalue weighted by Crippen LogP contribution is -2.38. The normalized spacial score (nSPS) is 22.9. The van der Waals surface area contributed by atoms with Crippen LogP contribution >= 0.6 is 0 Å². The molecule has 2 N–H and O–H groups in total. The molecule has 0 saturated carbocycles. The summed E-state index contributed by atoms with van der Waals surface area (Å²) in [6, 6.07) is 7.42. The van der Waals surface area contributed by atoms with Gasteiger partial charge in [0.15, 0.2) is 6.61 Å². The molecule has 1 saturated heterocycles. The van der Waals surface area contributed by atoms with E-state index in [-0.39, 0.29) is 24.5 Å². The Bertz CT molecular complexity index is 629. The minimum absolute atomic E-state index is 0.0302. The zero-order valence-corrected chi connectivity index (χ0v) is 12.8. The molecule has 0 unspecified atom stereocenters. The topological polar surface area (TPSA) is 84.5 Å². The van der Waals surface area contributed by atoms with Gasteiger partial charge < -0.3 is 15.4 Å². The number of benzene rings is 1. The molecule has 6 nitrogen and oxygen atoms in total. The number of aryl methyl sites for hydroxylation is 1. The number of carbonyl (C=O) groups is 3. The van der Waals surface area contributed by atoms with Gasteiger partial charge in [0.05, 0.1) is 6.04 Å². The highest BCUT2D eigenvalue weighted by Crippen LogP contribution is 2.29. The van der Waals surface area contributed by atoms with Crippen LogP contribution in [0, 0.1) is 0 Å². The Balaban J connectivity index is 1.50. The summed E-state index contributed by atoms with van der Waals surface area (Å²) in [5.74, 6) is -1.02. The predicted octanol–water partition coefficient (Wildman–Crippen LogP) is 1.00. The quantitative estimate of drug-likeness (QED) is 0.812. The summed E-state index contributed by atoms with van der Waals surface area (Å²) in [7, 11) is 0.